The summed E-state index contributed by atoms with van der Waals surface area (Å²) < 4.78 is 1.00. The van der Waals surface area contributed by atoms with Gasteiger partial charge in [-0.1, -0.05) is 40.2 Å². The molecule has 0 saturated carbocycles. The fraction of sp³-hybridized carbons (Fsp3) is 0.0667. The number of nitrogens with zero attached hydrogens (tertiary/aromatic N) is 1. The Balaban J connectivity index is 1.85. The Labute approximate surface area is 134 Å². The van der Waals surface area contributed by atoms with Crippen LogP contribution in [-0.2, 0) is 11.2 Å². The summed E-state index contributed by atoms with van der Waals surface area (Å²) in [6.07, 6.45) is 0.220. The number of benzene rings is 2. The molecule has 0 fully saturated rings. The second-order valence-corrected chi connectivity index (χ2v) is 6.29. The molecule has 4 nitrogen and oxygen atoms in total. The van der Waals surface area contributed by atoms with Gasteiger partial charge >= 0.3 is 0 Å². The first-order valence-corrected chi connectivity index (χ1v) is 7.98. The van der Waals surface area contributed by atoms with Gasteiger partial charge in [-0.2, -0.15) is 0 Å². The van der Waals surface area contributed by atoms with E-state index in [2.05, 4.69) is 26.2 Å². The predicted octanol–water partition coefficient (Wildman–Crippen LogP) is 3.82. The minimum Gasteiger partial charge on any atom is -0.375 e. The standard InChI is InChI=1S/C15H12BrN3OS/c16-12-5-6-13(11-4-2-1-3-10(11)12)19-14(20)7-9-8-21-15(17)18-9/h1-6,8H,7H2,(H2,17,18)(H,19,20). The number of anilines is 2. The first-order valence-electron chi connectivity index (χ1n) is 6.30. The summed E-state index contributed by atoms with van der Waals surface area (Å²) in [4.78, 5) is 16.2. The topological polar surface area (TPSA) is 68.0 Å². The first-order chi connectivity index (χ1) is 10.1. The van der Waals surface area contributed by atoms with Crippen LogP contribution >= 0.6 is 27.3 Å². The van der Waals surface area contributed by atoms with Crippen molar-refractivity contribution in [1.82, 2.24) is 4.98 Å². The molecule has 0 saturated heterocycles. The molecule has 0 spiro atoms. The van der Waals surface area contributed by atoms with Crippen LogP contribution in [0, 0.1) is 0 Å². The van der Waals surface area contributed by atoms with E-state index in [-0.39, 0.29) is 12.3 Å². The summed E-state index contributed by atoms with van der Waals surface area (Å²) in [6.45, 7) is 0. The molecule has 0 aliphatic heterocycles. The highest BCUT2D eigenvalue weighted by Gasteiger charge is 2.10. The van der Waals surface area contributed by atoms with Crippen molar-refractivity contribution in [3.8, 4) is 0 Å². The fourth-order valence-corrected chi connectivity index (χ4v) is 3.17. The Morgan fingerprint density at radius 2 is 2.00 bits per heavy atom. The van der Waals surface area contributed by atoms with Crippen molar-refractivity contribution in [3.05, 3.63) is 51.9 Å². The molecule has 0 atom stereocenters. The summed E-state index contributed by atoms with van der Waals surface area (Å²) in [6, 6.07) is 11.7. The lowest BCUT2D eigenvalue weighted by Gasteiger charge is -2.09. The van der Waals surface area contributed by atoms with Gasteiger partial charge in [0.2, 0.25) is 5.91 Å². The summed E-state index contributed by atoms with van der Waals surface area (Å²) in [7, 11) is 0. The van der Waals surface area contributed by atoms with Crippen molar-refractivity contribution in [2.45, 2.75) is 6.42 Å². The molecule has 1 heterocycles. The second kappa shape index (κ2) is 5.83. The smallest absolute Gasteiger partial charge is 0.230 e. The summed E-state index contributed by atoms with van der Waals surface area (Å²) >= 11 is 4.86. The molecule has 2 aromatic carbocycles. The maximum Gasteiger partial charge on any atom is 0.230 e. The quantitative estimate of drug-likeness (QED) is 0.744. The van der Waals surface area contributed by atoms with Gasteiger partial charge in [-0.05, 0) is 17.5 Å². The number of hydrogen-bond acceptors (Lipinski definition) is 4. The number of hydrogen-bond donors (Lipinski definition) is 2. The molecular formula is C15H12BrN3OS. The number of amides is 1. The highest BCUT2D eigenvalue weighted by Crippen LogP contribution is 2.30. The number of nitrogens with two attached hydrogens (primary N) is 1. The van der Waals surface area contributed by atoms with E-state index in [1.165, 1.54) is 11.3 Å². The Morgan fingerprint density at radius 1 is 1.24 bits per heavy atom. The molecule has 0 radical (unpaired) electrons. The maximum absolute atomic E-state index is 12.1. The average molecular weight is 362 g/mol. The van der Waals surface area contributed by atoms with E-state index >= 15 is 0 Å². The van der Waals surface area contributed by atoms with Gasteiger partial charge in [0.1, 0.15) is 0 Å². The van der Waals surface area contributed by atoms with E-state index in [9.17, 15) is 4.79 Å². The predicted molar refractivity (Wildman–Crippen MR) is 90.5 cm³/mol. The molecule has 1 aromatic heterocycles. The first kappa shape index (κ1) is 14.0. The highest BCUT2D eigenvalue weighted by atomic mass is 79.9. The van der Waals surface area contributed by atoms with Gasteiger partial charge in [0.05, 0.1) is 12.1 Å². The minimum atomic E-state index is -0.104. The normalized spacial score (nSPS) is 10.7. The van der Waals surface area contributed by atoms with Crippen LogP contribution < -0.4 is 11.1 Å². The van der Waals surface area contributed by atoms with Crippen LogP contribution in [0.3, 0.4) is 0 Å². The third kappa shape index (κ3) is 3.06. The Bertz CT molecular complexity index is 816. The zero-order chi connectivity index (χ0) is 14.8. The monoisotopic (exact) mass is 361 g/mol. The van der Waals surface area contributed by atoms with Crippen LogP contribution in [0.4, 0.5) is 10.8 Å². The van der Waals surface area contributed by atoms with Crippen LogP contribution in [0.25, 0.3) is 10.8 Å². The molecule has 0 unspecified atom stereocenters. The summed E-state index contributed by atoms with van der Waals surface area (Å²) in [5.41, 5.74) is 7.05. The van der Waals surface area contributed by atoms with E-state index < -0.39 is 0 Å². The third-order valence-corrected chi connectivity index (χ3v) is 4.47. The number of nitrogen functional groups attached to an aromatic ring is 1. The molecule has 6 heteroatoms. The molecule has 3 N–H and O–H groups in total. The number of carbonyl (C=O) groups excluding carboxylic acids is 1. The molecule has 21 heavy (non-hydrogen) atoms. The molecule has 3 aromatic rings. The number of rotatable bonds is 3. The van der Waals surface area contributed by atoms with Crippen molar-refractivity contribution in [1.29, 1.82) is 0 Å². The average Bonchev–Trinajstić information content (AvgIpc) is 2.87. The Kier molecular flexibility index (Phi) is 3.90. The third-order valence-electron chi connectivity index (χ3n) is 3.06. The Hall–Kier alpha value is -1.92. The van der Waals surface area contributed by atoms with Gasteiger partial charge < -0.3 is 11.1 Å². The largest absolute Gasteiger partial charge is 0.375 e. The highest BCUT2D eigenvalue weighted by molar-refractivity contribution is 9.10. The van der Waals surface area contributed by atoms with Crippen molar-refractivity contribution < 1.29 is 4.79 Å². The van der Waals surface area contributed by atoms with Crippen molar-refractivity contribution in [2.75, 3.05) is 11.1 Å². The maximum atomic E-state index is 12.1. The van der Waals surface area contributed by atoms with Crippen LogP contribution in [0.15, 0.2) is 46.3 Å². The van der Waals surface area contributed by atoms with Crippen LogP contribution in [0.2, 0.25) is 0 Å². The van der Waals surface area contributed by atoms with E-state index in [1.54, 1.807) is 5.38 Å². The molecule has 0 bridgehead atoms. The molecule has 106 valence electrons. The lowest BCUT2D eigenvalue weighted by atomic mass is 10.1. The van der Waals surface area contributed by atoms with E-state index in [0.29, 0.717) is 10.8 Å². The zero-order valence-electron chi connectivity index (χ0n) is 11.0. The van der Waals surface area contributed by atoms with Gasteiger partial charge in [0.15, 0.2) is 5.13 Å². The molecule has 1 amide bonds. The summed E-state index contributed by atoms with van der Waals surface area (Å²) in [5.74, 6) is -0.104. The van der Waals surface area contributed by atoms with Crippen LogP contribution in [-0.4, -0.2) is 10.9 Å². The van der Waals surface area contributed by atoms with E-state index in [0.717, 1.165) is 20.9 Å². The number of halogens is 1. The number of fused-ring (bicyclic) bond motifs is 1. The number of nitrogens with one attached hydrogen (secondary N) is 1. The van der Waals surface area contributed by atoms with E-state index in [1.807, 2.05) is 36.4 Å². The summed E-state index contributed by atoms with van der Waals surface area (Å²) in [5, 5.41) is 7.27. The van der Waals surface area contributed by atoms with Crippen molar-refractivity contribution in [3.63, 3.8) is 0 Å². The molecule has 0 aliphatic carbocycles. The van der Waals surface area contributed by atoms with Gasteiger partial charge in [-0.15, -0.1) is 11.3 Å². The van der Waals surface area contributed by atoms with Crippen LogP contribution in [0.5, 0.6) is 0 Å². The molecule has 3 rings (SSSR count). The number of aromatic nitrogens is 1. The van der Waals surface area contributed by atoms with E-state index in [4.69, 9.17) is 5.73 Å². The van der Waals surface area contributed by atoms with Gasteiger partial charge in [-0.3, -0.25) is 4.79 Å². The van der Waals surface area contributed by atoms with Crippen molar-refractivity contribution in [2.24, 2.45) is 0 Å². The minimum absolute atomic E-state index is 0.104. The van der Waals surface area contributed by atoms with Gasteiger partial charge in [-0.25, -0.2) is 4.98 Å². The Morgan fingerprint density at radius 3 is 2.71 bits per heavy atom. The van der Waals surface area contributed by atoms with Crippen molar-refractivity contribution >= 4 is 54.8 Å². The molecule has 0 aliphatic rings. The second-order valence-electron chi connectivity index (χ2n) is 4.54. The van der Waals surface area contributed by atoms with Gasteiger partial charge in [0, 0.05) is 20.9 Å². The lowest BCUT2D eigenvalue weighted by molar-refractivity contribution is -0.115. The van der Waals surface area contributed by atoms with Gasteiger partial charge in [0.25, 0.3) is 0 Å². The van der Waals surface area contributed by atoms with Crippen LogP contribution in [0.1, 0.15) is 5.69 Å². The molecular weight excluding hydrogens is 350 g/mol. The lowest BCUT2D eigenvalue weighted by Crippen LogP contribution is -2.14. The number of thiazole rings is 1. The number of carbonyl (C=O) groups is 1. The fourth-order valence-electron chi connectivity index (χ4n) is 2.13. The SMILES string of the molecule is Nc1nc(CC(=O)Nc2ccc(Br)c3ccccc23)cs1. The zero-order valence-corrected chi connectivity index (χ0v) is 13.4.